The van der Waals surface area contributed by atoms with Crippen molar-refractivity contribution in [2.45, 2.75) is 32.5 Å². The number of benzene rings is 1. The third-order valence-corrected chi connectivity index (χ3v) is 4.07. The van der Waals surface area contributed by atoms with Gasteiger partial charge in [-0.25, -0.2) is 4.99 Å². The lowest BCUT2D eigenvalue weighted by molar-refractivity contribution is -0.283. The largest absolute Gasteiger partial charge is 0.496 e. The topological polar surface area (TPSA) is 63.5 Å². The Bertz CT molecular complexity index is 665. The van der Waals surface area contributed by atoms with Crippen LogP contribution < -0.4 is 9.47 Å². The molecule has 1 aromatic rings. The normalized spacial score (nSPS) is 14.4. The second kappa shape index (κ2) is 9.97. The van der Waals surface area contributed by atoms with Gasteiger partial charge in [0.2, 0.25) is 5.60 Å². The summed E-state index contributed by atoms with van der Waals surface area (Å²) in [5.74, 6) is -0.0793. The molecule has 0 aliphatic carbocycles. The van der Waals surface area contributed by atoms with Crippen LogP contribution in [-0.2, 0) is 10.3 Å². The van der Waals surface area contributed by atoms with E-state index in [1.165, 1.54) is 26.6 Å². The van der Waals surface area contributed by atoms with Gasteiger partial charge < -0.3 is 24.2 Å². The molecule has 1 unspecified atom stereocenters. The van der Waals surface area contributed by atoms with E-state index in [1.807, 2.05) is 6.92 Å². The molecule has 160 valence electrons. The monoisotopic (exact) mass is 406 g/mol. The lowest BCUT2D eigenvalue weighted by Gasteiger charge is -2.32. The van der Waals surface area contributed by atoms with Crippen LogP contribution in [0.15, 0.2) is 17.1 Å². The van der Waals surface area contributed by atoms with E-state index in [0.717, 1.165) is 6.07 Å². The highest BCUT2D eigenvalue weighted by Gasteiger charge is 2.57. The Balaban J connectivity index is 3.46. The van der Waals surface area contributed by atoms with Crippen molar-refractivity contribution in [3.05, 3.63) is 17.7 Å². The van der Waals surface area contributed by atoms with Crippen LogP contribution in [0, 0.1) is 5.92 Å². The van der Waals surface area contributed by atoms with Crippen molar-refractivity contribution in [2.75, 3.05) is 41.0 Å². The van der Waals surface area contributed by atoms with E-state index in [1.54, 1.807) is 25.8 Å². The zero-order chi connectivity index (χ0) is 21.5. The highest BCUT2D eigenvalue weighted by Crippen LogP contribution is 2.46. The van der Waals surface area contributed by atoms with Crippen LogP contribution in [0.3, 0.4) is 0 Å². The predicted molar refractivity (Wildman–Crippen MR) is 102 cm³/mol. The van der Waals surface area contributed by atoms with E-state index in [4.69, 9.17) is 14.2 Å². The number of aliphatic hydroxyl groups is 1. The number of hydrogen-bond acceptors (Lipinski definition) is 5. The van der Waals surface area contributed by atoms with Gasteiger partial charge in [0.25, 0.3) is 0 Å². The van der Waals surface area contributed by atoms with Crippen LogP contribution in [0.5, 0.6) is 11.5 Å². The summed E-state index contributed by atoms with van der Waals surface area (Å²) in [7, 11) is 4.34. The first-order valence-electron chi connectivity index (χ1n) is 8.87. The molecule has 0 fully saturated rings. The Hall–Kier alpha value is -2.00. The van der Waals surface area contributed by atoms with Gasteiger partial charge >= 0.3 is 6.18 Å². The van der Waals surface area contributed by atoms with Gasteiger partial charge in [0.05, 0.1) is 27.2 Å². The highest BCUT2D eigenvalue weighted by molar-refractivity contribution is 5.68. The van der Waals surface area contributed by atoms with E-state index in [2.05, 4.69) is 4.99 Å². The van der Waals surface area contributed by atoms with E-state index < -0.39 is 23.9 Å². The summed E-state index contributed by atoms with van der Waals surface area (Å²) in [5.41, 5.74) is -3.48. The zero-order valence-electron chi connectivity index (χ0n) is 17.1. The smallest absolute Gasteiger partial charge is 0.423 e. The molecule has 1 N–H and O–H groups in total. The lowest BCUT2D eigenvalue weighted by Crippen LogP contribution is -2.46. The molecule has 9 heteroatoms. The van der Waals surface area contributed by atoms with Crippen LogP contribution >= 0.6 is 0 Å². The summed E-state index contributed by atoms with van der Waals surface area (Å²) in [6, 6.07) is 2.39. The average molecular weight is 406 g/mol. The Labute approximate surface area is 163 Å². The van der Waals surface area contributed by atoms with Gasteiger partial charge in [-0.2, -0.15) is 13.2 Å². The third-order valence-electron chi connectivity index (χ3n) is 4.07. The summed E-state index contributed by atoms with van der Waals surface area (Å²) in [4.78, 5) is 6.01. The number of hydrogen-bond donors (Lipinski definition) is 1. The molecule has 0 spiro atoms. The van der Waals surface area contributed by atoms with E-state index in [9.17, 15) is 18.3 Å². The van der Waals surface area contributed by atoms with Gasteiger partial charge in [-0.05, 0) is 18.9 Å². The molecule has 0 heterocycles. The summed E-state index contributed by atoms with van der Waals surface area (Å²) >= 11 is 0. The maximum absolute atomic E-state index is 13.8. The van der Waals surface area contributed by atoms with E-state index in [-0.39, 0.29) is 29.7 Å². The molecule has 1 atom stereocenters. The molecule has 1 aromatic carbocycles. The standard InChI is InChI=1S/C19H29F3N2O4/c1-7-24(4)12-23-15-9-16(26-5)14(8-17(15)27-6)18(25,19(20,21)22)11-28-10-13(2)3/h8-9,12-13,25H,7,10-11H2,1-6H3/b23-12+. The minimum absolute atomic E-state index is 0.0150. The number of ether oxygens (including phenoxy) is 3. The second-order valence-electron chi connectivity index (χ2n) is 6.81. The number of methoxy groups -OCH3 is 2. The summed E-state index contributed by atoms with van der Waals surface area (Å²) < 4.78 is 56.9. The van der Waals surface area contributed by atoms with E-state index >= 15 is 0 Å². The predicted octanol–water partition coefficient (Wildman–Crippen LogP) is 3.74. The first-order chi connectivity index (χ1) is 13.0. The van der Waals surface area contributed by atoms with Crippen LogP contribution in [-0.4, -0.2) is 63.5 Å². The maximum atomic E-state index is 13.8. The summed E-state index contributed by atoms with van der Waals surface area (Å²) in [6.45, 7) is 5.33. The zero-order valence-corrected chi connectivity index (χ0v) is 17.1. The van der Waals surface area contributed by atoms with Crippen LogP contribution in [0.4, 0.5) is 18.9 Å². The molecule has 6 nitrogen and oxygen atoms in total. The Morgan fingerprint density at radius 2 is 1.79 bits per heavy atom. The molecule has 0 aromatic heterocycles. The lowest BCUT2D eigenvalue weighted by atomic mass is 9.92. The van der Waals surface area contributed by atoms with Crippen molar-refractivity contribution < 1.29 is 32.5 Å². The number of alkyl halides is 3. The molecule has 1 rings (SSSR count). The van der Waals surface area contributed by atoms with Crippen molar-refractivity contribution in [3.63, 3.8) is 0 Å². The van der Waals surface area contributed by atoms with Crippen LogP contribution in [0.1, 0.15) is 26.3 Å². The van der Waals surface area contributed by atoms with Crippen LogP contribution in [0.25, 0.3) is 0 Å². The first-order valence-corrected chi connectivity index (χ1v) is 8.87. The fourth-order valence-electron chi connectivity index (χ4n) is 2.30. The number of halogens is 3. The van der Waals surface area contributed by atoms with Crippen molar-refractivity contribution >= 4 is 12.0 Å². The van der Waals surface area contributed by atoms with Gasteiger partial charge in [-0.15, -0.1) is 0 Å². The molecule has 0 saturated heterocycles. The van der Waals surface area contributed by atoms with Gasteiger partial charge in [0.1, 0.15) is 17.2 Å². The fourth-order valence-corrected chi connectivity index (χ4v) is 2.30. The molecule has 0 aliphatic heterocycles. The van der Waals surface area contributed by atoms with E-state index in [0.29, 0.717) is 6.54 Å². The van der Waals surface area contributed by atoms with Gasteiger partial charge in [0.15, 0.2) is 0 Å². The quantitative estimate of drug-likeness (QED) is 0.474. The van der Waals surface area contributed by atoms with Gasteiger partial charge in [0, 0.05) is 31.8 Å². The molecular formula is C19H29F3N2O4. The number of nitrogens with zero attached hydrogens (tertiary/aromatic N) is 2. The molecule has 0 bridgehead atoms. The highest BCUT2D eigenvalue weighted by atomic mass is 19.4. The fraction of sp³-hybridized carbons (Fsp3) is 0.632. The Kier molecular flexibility index (Phi) is 8.56. The molecule has 0 radical (unpaired) electrons. The molecule has 0 saturated carbocycles. The number of rotatable bonds is 10. The average Bonchev–Trinajstić information content (AvgIpc) is 2.63. The Morgan fingerprint density at radius 1 is 1.18 bits per heavy atom. The van der Waals surface area contributed by atoms with Crippen molar-refractivity contribution in [1.82, 2.24) is 4.90 Å². The molecular weight excluding hydrogens is 377 g/mol. The summed E-state index contributed by atoms with van der Waals surface area (Å²) in [6.07, 6.45) is -3.46. The second-order valence-corrected chi connectivity index (χ2v) is 6.81. The van der Waals surface area contributed by atoms with Crippen molar-refractivity contribution in [3.8, 4) is 11.5 Å². The van der Waals surface area contributed by atoms with Crippen molar-refractivity contribution in [2.24, 2.45) is 10.9 Å². The van der Waals surface area contributed by atoms with Gasteiger partial charge in [-0.1, -0.05) is 13.8 Å². The third kappa shape index (κ3) is 5.75. The van der Waals surface area contributed by atoms with Crippen molar-refractivity contribution in [1.29, 1.82) is 0 Å². The molecule has 0 aliphatic rings. The number of aliphatic imine (C=N–C) groups is 1. The first kappa shape index (κ1) is 24.0. The minimum Gasteiger partial charge on any atom is -0.496 e. The van der Waals surface area contributed by atoms with Gasteiger partial charge in [-0.3, -0.25) is 0 Å². The summed E-state index contributed by atoms with van der Waals surface area (Å²) in [5, 5.41) is 10.6. The minimum atomic E-state index is -4.99. The SMILES string of the molecule is CCN(C)/C=N/c1cc(OC)c(C(O)(COCC(C)C)C(F)(F)F)cc1OC. The molecule has 28 heavy (non-hydrogen) atoms. The maximum Gasteiger partial charge on any atom is 0.423 e. The molecule has 0 amide bonds. The Morgan fingerprint density at radius 3 is 2.25 bits per heavy atom. The van der Waals surface area contributed by atoms with Crippen LogP contribution in [0.2, 0.25) is 0 Å².